The van der Waals surface area contributed by atoms with Crippen LogP contribution >= 0.6 is 15.9 Å². The number of hydrogen-bond donors (Lipinski definition) is 0. The molecule has 0 aliphatic heterocycles. The third-order valence-electron chi connectivity index (χ3n) is 3.86. The van der Waals surface area contributed by atoms with Crippen LogP contribution in [0.5, 0.6) is 5.75 Å². The van der Waals surface area contributed by atoms with E-state index >= 15 is 0 Å². The van der Waals surface area contributed by atoms with E-state index in [1.54, 1.807) is 18.2 Å². The van der Waals surface area contributed by atoms with Crippen molar-refractivity contribution in [1.82, 2.24) is 0 Å². The molecule has 0 heterocycles. The van der Waals surface area contributed by atoms with Crippen LogP contribution in [0.3, 0.4) is 0 Å². The number of halogens is 1. The third-order valence-corrected chi connectivity index (χ3v) is 4.36. The monoisotopic (exact) mass is 408 g/mol. The molecule has 0 bridgehead atoms. The highest BCUT2D eigenvalue weighted by molar-refractivity contribution is 9.10. The van der Waals surface area contributed by atoms with E-state index in [0.29, 0.717) is 17.7 Å². The fourth-order valence-electron chi connectivity index (χ4n) is 2.68. The second-order valence-electron chi connectivity index (χ2n) is 5.50. The molecule has 0 aromatic carbocycles. The summed E-state index contributed by atoms with van der Waals surface area (Å²) in [6, 6.07) is 7.14. The molecule has 2 aliphatic carbocycles. The molecule has 0 unspecified atom stereocenters. The lowest BCUT2D eigenvalue weighted by Crippen LogP contribution is -2.08. The largest absolute Gasteiger partial charge is 0.495 e. The van der Waals surface area contributed by atoms with Crippen molar-refractivity contribution >= 4 is 27.9 Å². The number of rotatable bonds is 7. The van der Waals surface area contributed by atoms with Gasteiger partial charge in [-0.15, -0.1) is 0 Å². The summed E-state index contributed by atoms with van der Waals surface area (Å²) >= 11 is 3.41. The molecule has 0 aromatic heterocycles. The van der Waals surface area contributed by atoms with Crippen molar-refractivity contribution in [2.24, 2.45) is 0 Å². The van der Waals surface area contributed by atoms with Gasteiger partial charge in [0, 0.05) is 15.6 Å². The molecule has 0 radical (unpaired) electrons. The van der Waals surface area contributed by atoms with E-state index in [0.717, 1.165) is 23.7 Å². The Kier molecular flexibility index (Phi) is 6.82. The van der Waals surface area contributed by atoms with Crippen molar-refractivity contribution < 1.29 is 23.8 Å². The summed E-state index contributed by atoms with van der Waals surface area (Å²) in [5.41, 5.74) is 1.62. The standard InChI is InChI=1S/C19H21BrO5/c1-4-5-6-10-25-19(22)15-13-9-7-8-12(20)11-14(13)16(17(15)23-2)18(21)24-3/h7-9,11H,4-6,10H2,1-3H3. The van der Waals surface area contributed by atoms with Gasteiger partial charge in [-0.05, 0) is 18.6 Å². The highest BCUT2D eigenvalue weighted by Crippen LogP contribution is 2.43. The van der Waals surface area contributed by atoms with E-state index in [4.69, 9.17) is 14.2 Å². The number of hydrogen-bond acceptors (Lipinski definition) is 5. The van der Waals surface area contributed by atoms with Gasteiger partial charge in [-0.1, -0.05) is 47.8 Å². The lowest BCUT2D eigenvalue weighted by atomic mass is 10.1. The van der Waals surface area contributed by atoms with Gasteiger partial charge in [0.25, 0.3) is 0 Å². The summed E-state index contributed by atoms with van der Waals surface area (Å²) in [7, 11) is 2.71. The lowest BCUT2D eigenvalue weighted by Gasteiger charge is -2.07. The maximum atomic E-state index is 12.6. The minimum absolute atomic E-state index is 0.181. The van der Waals surface area contributed by atoms with Crippen LogP contribution in [-0.4, -0.2) is 32.8 Å². The molecule has 0 spiro atoms. The molecule has 0 saturated heterocycles. The van der Waals surface area contributed by atoms with Crippen LogP contribution in [-0.2, 0) is 9.47 Å². The highest BCUT2D eigenvalue weighted by Gasteiger charge is 2.33. The Morgan fingerprint density at radius 1 is 1.04 bits per heavy atom. The molecule has 6 heteroatoms. The first-order valence-electron chi connectivity index (χ1n) is 8.09. The maximum Gasteiger partial charge on any atom is 0.342 e. The molecule has 0 aromatic rings. The van der Waals surface area contributed by atoms with Crippen molar-refractivity contribution in [3.05, 3.63) is 39.9 Å². The van der Waals surface area contributed by atoms with Crippen molar-refractivity contribution in [3.63, 3.8) is 0 Å². The zero-order chi connectivity index (χ0) is 18.4. The molecule has 0 atom stereocenters. The highest BCUT2D eigenvalue weighted by atomic mass is 79.9. The Labute approximate surface area is 155 Å². The van der Waals surface area contributed by atoms with Crippen LogP contribution in [0.25, 0.3) is 11.1 Å². The summed E-state index contributed by atoms with van der Waals surface area (Å²) in [6.07, 6.45) is 2.82. The van der Waals surface area contributed by atoms with Crippen molar-refractivity contribution in [1.29, 1.82) is 0 Å². The molecule has 25 heavy (non-hydrogen) atoms. The van der Waals surface area contributed by atoms with Gasteiger partial charge in [-0.2, -0.15) is 0 Å². The summed E-state index contributed by atoms with van der Waals surface area (Å²) in [6.45, 7) is 2.41. The Bertz CT molecular complexity index is 741. The number of carbonyl (C=O) groups excluding carboxylic acids is 2. The Hall–Kier alpha value is -2.08. The van der Waals surface area contributed by atoms with E-state index in [1.165, 1.54) is 14.2 Å². The molecule has 134 valence electrons. The van der Waals surface area contributed by atoms with Crippen LogP contribution in [0.2, 0.25) is 0 Å². The number of fused-ring (bicyclic) bond motifs is 1. The van der Waals surface area contributed by atoms with Gasteiger partial charge < -0.3 is 14.2 Å². The quantitative estimate of drug-likeness (QED) is 0.490. The van der Waals surface area contributed by atoms with Crippen molar-refractivity contribution in [3.8, 4) is 16.9 Å². The third kappa shape index (κ3) is 4.12. The van der Waals surface area contributed by atoms with Gasteiger partial charge in [0.05, 0.1) is 20.8 Å². The van der Waals surface area contributed by atoms with Gasteiger partial charge in [0.15, 0.2) is 0 Å². The van der Waals surface area contributed by atoms with Crippen molar-refractivity contribution in [2.75, 3.05) is 20.8 Å². The number of esters is 2. The summed E-state index contributed by atoms with van der Waals surface area (Å²) < 4.78 is 16.4. The molecule has 0 N–H and O–H groups in total. The molecule has 0 fully saturated rings. The van der Waals surface area contributed by atoms with Crippen LogP contribution in [0.4, 0.5) is 0 Å². The number of carbonyl (C=O) groups is 2. The van der Waals surface area contributed by atoms with E-state index in [2.05, 4.69) is 22.9 Å². The number of ether oxygens (including phenoxy) is 3. The molecule has 0 saturated carbocycles. The topological polar surface area (TPSA) is 61.8 Å². The van der Waals surface area contributed by atoms with Crippen LogP contribution in [0, 0.1) is 0 Å². The zero-order valence-electron chi connectivity index (χ0n) is 14.6. The molecule has 5 nitrogen and oxygen atoms in total. The molecular weight excluding hydrogens is 388 g/mol. The molecule has 2 aliphatic rings. The number of methoxy groups -OCH3 is 2. The van der Waals surface area contributed by atoms with Gasteiger partial charge >= 0.3 is 11.9 Å². The first-order chi connectivity index (χ1) is 12.0. The zero-order valence-corrected chi connectivity index (χ0v) is 16.1. The summed E-state index contributed by atoms with van der Waals surface area (Å²) in [5, 5.41) is 0. The van der Waals surface area contributed by atoms with Crippen molar-refractivity contribution in [2.45, 2.75) is 26.2 Å². The van der Waals surface area contributed by atoms with Gasteiger partial charge in [-0.25, -0.2) is 9.59 Å². The van der Waals surface area contributed by atoms with E-state index in [9.17, 15) is 9.59 Å². The summed E-state index contributed by atoms with van der Waals surface area (Å²) in [4.78, 5) is 24.9. The van der Waals surface area contributed by atoms with Crippen LogP contribution < -0.4 is 4.74 Å². The lowest BCUT2D eigenvalue weighted by molar-refractivity contribution is 0.0496. The Morgan fingerprint density at radius 3 is 2.40 bits per heavy atom. The minimum Gasteiger partial charge on any atom is -0.495 e. The van der Waals surface area contributed by atoms with Crippen LogP contribution in [0.1, 0.15) is 46.9 Å². The van der Waals surface area contributed by atoms with Crippen LogP contribution in [0.15, 0.2) is 28.7 Å². The maximum absolute atomic E-state index is 12.6. The predicted molar refractivity (Wildman–Crippen MR) is 98.5 cm³/mol. The van der Waals surface area contributed by atoms with E-state index in [-0.39, 0.29) is 16.9 Å². The second kappa shape index (κ2) is 8.85. The first-order valence-corrected chi connectivity index (χ1v) is 8.89. The van der Waals surface area contributed by atoms with Gasteiger partial charge in [0.2, 0.25) is 0 Å². The Morgan fingerprint density at radius 2 is 1.76 bits per heavy atom. The molecule has 0 amide bonds. The average Bonchev–Trinajstić information content (AvgIpc) is 2.78. The Balaban J connectivity index is 2.55. The predicted octanol–water partition coefficient (Wildman–Crippen LogP) is 4.70. The summed E-state index contributed by atoms with van der Waals surface area (Å²) in [5.74, 6) is -0.888. The SMILES string of the molecule is CCCCCOC(=O)c1c2cccc(Br)cc-2c(C(=O)OC)c1OC. The van der Waals surface area contributed by atoms with E-state index < -0.39 is 11.9 Å². The fourth-order valence-corrected chi connectivity index (χ4v) is 3.07. The van der Waals surface area contributed by atoms with Gasteiger partial charge in [0.1, 0.15) is 16.9 Å². The first kappa shape index (κ1) is 19.2. The van der Waals surface area contributed by atoms with Gasteiger partial charge in [-0.3, -0.25) is 0 Å². The number of unbranched alkanes of at least 4 members (excludes halogenated alkanes) is 2. The normalized spacial score (nSPS) is 10.6. The smallest absolute Gasteiger partial charge is 0.342 e. The minimum atomic E-state index is -0.565. The fraction of sp³-hybridized carbons (Fsp3) is 0.368. The average molecular weight is 409 g/mol. The van der Waals surface area contributed by atoms with E-state index in [1.807, 2.05) is 6.07 Å². The molecular formula is C19H21BrO5. The molecule has 2 rings (SSSR count). The second-order valence-corrected chi connectivity index (χ2v) is 6.42.